The first kappa shape index (κ1) is 9.24. The van der Waals surface area contributed by atoms with Gasteiger partial charge in [-0.15, -0.1) is 0 Å². The summed E-state index contributed by atoms with van der Waals surface area (Å²) in [6.45, 7) is 1.92. The Labute approximate surface area is 83.0 Å². The summed E-state index contributed by atoms with van der Waals surface area (Å²) in [7, 11) is 0. The van der Waals surface area contributed by atoms with Crippen LogP contribution in [0.15, 0.2) is 17.2 Å². The summed E-state index contributed by atoms with van der Waals surface area (Å²) < 4.78 is 0. The molecule has 0 spiro atoms. The number of anilines is 1. The molecule has 4 nitrogen and oxygen atoms in total. The van der Waals surface area contributed by atoms with Crippen molar-refractivity contribution in [3.05, 3.63) is 22.7 Å². The zero-order valence-corrected chi connectivity index (χ0v) is 8.20. The van der Waals surface area contributed by atoms with Crippen LogP contribution in [0.3, 0.4) is 0 Å². The van der Waals surface area contributed by atoms with E-state index in [0.717, 1.165) is 25.9 Å². The number of H-pyrrole nitrogens is 1. The van der Waals surface area contributed by atoms with Gasteiger partial charge in [0.05, 0.1) is 0 Å². The number of nitrogens with zero attached hydrogens (tertiary/aromatic N) is 2. The van der Waals surface area contributed by atoms with Crippen LogP contribution in [0.2, 0.25) is 0 Å². The maximum absolute atomic E-state index is 11.5. The van der Waals surface area contributed by atoms with Crippen molar-refractivity contribution in [1.82, 2.24) is 9.97 Å². The lowest BCUT2D eigenvalue weighted by atomic mass is 10.2. The van der Waals surface area contributed by atoms with Crippen LogP contribution in [-0.4, -0.2) is 23.1 Å². The standard InChI is InChI=1S/C10H15N3O/c14-10-9(11-5-6-12-10)13-7-3-1-2-4-8-13/h5-6H,1-4,7-8H2,(H,12,14). The topological polar surface area (TPSA) is 49.0 Å². The van der Waals surface area contributed by atoms with Crippen LogP contribution in [0.1, 0.15) is 25.7 Å². The van der Waals surface area contributed by atoms with E-state index in [2.05, 4.69) is 14.9 Å². The van der Waals surface area contributed by atoms with Gasteiger partial charge in [0.15, 0.2) is 5.82 Å². The van der Waals surface area contributed by atoms with Crippen LogP contribution in [-0.2, 0) is 0 Å². The second-order valence-corrected chi connectivity index (χ2v) is 3.64. The fraction of sp³-hybridized carbons (Fsp3) is 0.600. The van der Waals surface area contributed by atoms with E-state index in [-0.39, 0.29) is 5.56 Å². The number of hydrogen-bond acceptors (Lipinski definition) is 3. The minimum absolute atomic E-state index is 0.0746. The fourth-order valence-corrected chi connectivity index (χ4v) is 1.85. The van der Waals surface area contributed by atoms with E-state index in [1.54, 1.807) is 12.4 Å². The average molecular weight is 193 g/mol. The van der Waals surface area contributed by atoms with Crippen molar-refractivity contribution in [3.63, 3.8) is 0 Å². The number of aromatic nitrogens is 2. The van der Waals surface area contributed by atoms with Gasteiger partial charge >= 0.3 is 0 Å². The maximum Gasteiger partial charge on any atom is 0.290 e. The lowest BCUT2D eigenvalue weighted by Crippen LogP contribution is -2.30. The third kappa shape index (κ3) is 1.95. The number of hydrogen-bond donors (Lipinski definition) is 1. The van der Waals surface area contributed by atoms with Crippen LogP contribution in [0.25, 0.3) is 0 Å². The predicted molar refractivity (Wildman–Crippen MR) is 55.5 cm³/mol. The van der Waals surface area contributed by atoms with Gasteiger partial charge in [-0.1, -0.05) is 12.8 Å². The second kappa shape index (κ2) is 4.26. The molecule has 0 amide bonds. The van der Waals surface area contributed by atoms with Gasteiger partial charge in [0.2, 0.25) is 0 Å². The van der Waals surface area contributed by atoms with Crippen LogP contribution in [0, 0.1) is 0 Å². The first-order valence-electron chi connectivity index (χ1n) is 5.16. The fourth-order valence-electron chi connectivity index (χ4n) is 1.85. The number of nitrogens with one attached hydrogen (secondary N) is 1. The molecule has 1 fully saturated rings. The highest BCUT2D eigenvalue weighted by Crippen LogP contribution is 2.13. The molecule has 0 atom stereocenters. The molecule has 0 aliphatic carbocycles. The monoisotopic (exact) mass is 193 g/mol. The quantitative estimate of drug-likeness (QED) is 0.727. The normalized spacial score (nSPS) is 17.9. The molecule has 0 saturated carbocycles. The van der Waals surface area contributed by atoms with E-state index in [0.29, 0.717) is 5.82 Å². The van der Waals surface area contributed by atoms with E-state index in [1.165, 1.54) is 12.8 Å². The summed E-state index contributed by atoms with van der Waals surface area (Å²) in [6.07, 6.45) is 8.07. The summed E-state index contributed by atoms with van der Waals surface area (Å²) in [6, 6.07) is 0. The summed E-state index contributed by atoms with van der Waals surface area (Å²) in [5, 5.41) is 0. The molecule has 4 heteroatoms. The molecule has 1 saturated heterocycles. The van der Waals surface area contributed by atoms with Crippen LogP contribution < -0.4 is 10.5 Å². The van der Waals surface area contributed by atoms with E-state index in [1.807, 2.05) is 0 Å². The Bertz CT molecular complexity index is 339. The highest BCUT2D eigenvalue weighted by Gasteiger charge is 2.13. The van der Waals surface area contributed by atoms with Gasteiger partial charge in [-0.05, 0) is 12.8 Å². The largest absolute Gasteiger partial charge is 0.352 e. The van der Waals surface area contributed by atoms with Gasteiger partial charge in [0.1, 0.15) is 0 Å². The molecule has 2 heterocycles. The van der Waals surface area contributed by atoms with Gasteiger partial charge in [-0.25, -0.2) is 4.98 Å². The Morgan fingerprint density at radius 3 is 2.57 bits per heavy atom. The van der Waals surface area contributed by atoms with Crippen LogP contribution in [0.5, 0.6) is 0 Å². The molecule has 0 aromatic carbocycles. The van der Waals surface area contributed by atoms with Gasteiger partial charge in [-0.2, -0.15) is 0 Å². The molecular formula is C10H15N3O. The molecule has 2 rings (SSSR count). The summed E-state index contributed by atoms with van der Waals surface area (Å²) >= 11 is 0. The first-order valence-corrected chi connectivity index (χ1v) is 5.16. The van der Waals surface area contributed by atoms with Gasteiger partial charge in [0.25, 0.3) is 5.56 Å². The molecule has 1 aliphatic rings. The molecule has 14 heavy (non-hydrogen) atoms. The first-order chi connectivity index (χ1) is 6.88. The van der Waals surface area contributed by atoms with E-state index in [9.17, 15) is 4.79 Å². The Hall–Kier alpha value is -1.32. The third-order valence-corrected chi connectivity index (χ3v) is 2.59. The van der Waals surface area contributed by atoms with E-state index < -0.39 is 0 Å². The zero-order valence-electron chi connectivity index (χ0n) is 8.20. The zero-order chi connectivity index (χ0) is 9.80. The highest BCUT2D eigenvalue weighted by molar-refractivity contribution is 5.34. The summed E-state index contributed by atoms with van der Waals surface area (Å²) in [4.78, 5) is 20.3. The Balaban J connectivity index is 2.20. The Morgan fingerprint density at radius 1 is 1.21 bits per heavy atom. The summed E-state index contributed by atoms with van der Waals surface area (Å²) in [5.74, 6) is 0.578. The molecule has 0 unspecified atom stereocenters. The van der Waals surface area contributed by atoms with Crippen molar-refractivity contribution in [3.8, 4) is 0 Å². The molecular weight excluding hydrogens is 178 g/mol. The lowest BCUT2D eigenvalue weighted by Gasteiger charge is -2.19. The minimum Gasteiger partial charge on any atom is -0.352 e. The van der Waals surface area contributed by atoms with Crippen molar-refractivity contribution in [2.45, 2.75) is 25.7 Å². The summed E-state index contributed by atoms with van der Waals surface area (Å²) in [5.41, 5.74) is -0.0746. The molecule has 1 N–H and O–H groups in total. The molecule has 76 valence electrons. The predicted octanol–water partition coefficient (Wildman–Crippen LogP) is 1.15. The highest BCUT2D eigenvalue weighted by atomic mass is 16.1. The van der Waals surface area contributed by atoms with Crippen molar-refractivity contribution in [2.24, 2.45) is 0 Å². The van der Waals surface area contributed by atoms with Crippen molar-refractivity contribution in [2.75, 3.05) is 18.0 Å². The number of aromatic amines is 1. The molecule has 0 radical (unpaired) electrons. The minimum atomic E-state index is -0.0746. The lowest BCUT2D eigenvalue weighted by molar-refractivity contribution is 0.726. The van der Waals surface area contributed by atoms with Crippen LogP contribution >= 0.6 is 0 Å². The van der Waals surface area contributed by atoms with Gasteiger partial charge in [-0.3, -0.25) is 4.79 Å². The van der Waals surface area contributed by atoms with Gasteiger partial charge in [0, 0.05) is 25.5 Å². The SMILES string of the molecule is O=c1[nH]ccnc1N1CCCCCC1. The average Bonchev–Trinajstić information content (AvgIpc) is 2.47. The second-order valence-electron chi connectivity index (χ2n) is 3.64. The molecule has 0 bridgehead atoms. The maximum atomic E-state index is 11.5. The Morgan fingerprint density at radius 2 is 1.93 bits per heavy atom. The van der Waals surface area contributed by atoms with Crippen LogP contribution in [0.4, 0.5) is 5.82 Å². The molecule has 1 aliphatic heterocycles. The smallest absolute Gasteiger partial charge is 0.290 e. The molecule has 1 aromatic heterocycles. The van der Waals surface area contributed by atoms with Gasteiger partial charge < -0.3 is 9.88 Å². The van der Waals surface area contributed by atoms with Crippen molar-refractivity contribution < 1.29 is 0 Å². The van der Waals surface area contributed by atoms with E-state index >= 15 is 0 Å². The van der Waals surface area contributed by atoms with E-state index in [4.69, 9.17) is 0 Å². The number of rotatable bonds is 1. The third-order valence-electron chi connectivity index (χ3n) is 2.59. The molecule has 1 aromatic rings. The Kier molecular flexibility index (Phi) is 2.81. The van der Waals surface area contributed by atoms with Crippen molar-refractivity contribution >= 4 is 5.82 Å². The van der Waals surface area contributed by atoms with Crippen molar-refractivity contribution in [1.29, 1.82) is 0 Å².